The van der Waals surface area contributed by atoms with Crippen LogP contribution in [0.4, 0.5) is 0 Å². The summed E-state index contributed by atoms with van der Waals surface area (Å²) in [6.45, 7) is 3.26. The highest BCUT2D eigenvalue weighted by atomic mass is 15.1. The third-order valence-corrected chi connectivity index (χ3v) is 3.76. The molecule has 2 heteroatoms. The maximum atomic E-state index is 5.68. The fraction of sp³-hybridized carbons (Fsp3) is 0.600. The van der Waals surface area contributed by atoms with Crippen molar-refractivity contribution in [3.8, 4) is 0 Å². The van der Waals surface area contributed by atoms with Crippen LogP contribution in [0.5, 0.6) is 0 Å². The van der Waals surface area contributed by atoms with Crippen LogP contribution in [0.25, 0.3) is 0 Å². The molecule has 17 heavy (non-hydrogen) atoms. The number of rotatable bonds is 4. The summed E-state index contributed by atoms with van der Waals surface area (Å²) in [6.07, 6.45) is 4.96. The smallest absolute Gasteiger partial charge is 0.000980 e. The Morgan fingerprint density at radius 2 is 2.06 bits per heavy atom. The van der Waals surface area contributed by atoms with E-state index in [0.717, 1.165) is 18.9 Å². The van der Waals surface area contributed by atoms with Gasteiger partial charge in [0.15, 0.2) is 0 Å². The Morgan fingerprint density at radius 3 is 2.76 bits per heavy atom. The molecule has 1 aliphatic rings. The molecule has 0 radical (unpaired) electrons. The SMILES string of the molecule is CN1CCCC(Cc2ccccc2CCN)C1. The first-order chi connectivity index (χ1) is 8.29. The maximum Gasteiger partial charge on any atom is 0.000980 e. The van der Waals surface area contributed by atoms with Gasteiger partial charge in [0.2, 0.25) is 0 Å². The van der Waals surface area contributed by atoms with Crippen LogP contribution in [-0.2, 0) is 12.8 Å². The molecule has 1 unspecified atom stereocenters. The third kappa shape index (κ3) is 3.55. The molecule has 1 aromatic carbocycles. The average Bonchev–Trinajstić information content (AvgIpc) is 2.32. The molecule has 94 valence electrons. The molecule has 1 aliphatic heterocycles. The Balaban J connectivity index is 2.01. The van der Waals surface area contributed by atoms with Crippen LogP contribution in [0.1, 0.15) is 24.0 Å². The van der Waals surface area contributed by atoms with Crippen molar-refractivity contribution >= 4 is 0 Å². The van der Waals surface area contributed by atoms with Crippen LogP contribution >= 0.6 is 0 Å². The minimum absolute atomic E-state index is 0.752. The van der Waals surface area contributed by atoms with Crippen molar-refractivity contribution in [2.45, 2.75) is 25.7 Å². The minimum Gasteiger partial charge on any atom is -0.330 e. The second kappa shape index (κ2) is 6.18. The summed E-state index contributed by atoms with van der Waals surface area (Å²) < 4.78 is 0. The molecule has 0 saturated carbocycles. The molecule has 1 aromatic rings. The highest BCUT2D eigenvalue weighted by Gasteiger charge is 2.18. The molecule has 0 spiro atoms. The van der Waals surface area contributed by atoms with Gasteiger partial charge in [0.1, 0.15) is 0 Å². The Bertz CT molecular complexity index is 349. The lowest BCUT2D eigenvalue weighted by Gasteiger charge is -2.30. The highest BCUT2D eigenvalue weighted by Crippen LogP contribution is 2.22. The zero-order valence-electron chi connectivity index (χ0n) is 10.9. The van der Waals surface area contributed by atoms with E-state index in [-0.39, 0.29) is 0 Å². The molecule has 1 heterocycles. The van der Waals surface area contributed by atoms with Gasteiger partial charge in [0, 0.05) is 6.54 Å². The van der Waals surface area contributed by atoms with Crippen LogP contribution in [0.2, 0.25) is 0 Å². The minimum atomic E-state index is 0.752. The number of benzene rings is 1. The Labute approximate surface area is 105 Å². The van der Waals surface area contributed by atoms with Crippen LogP contribution in [0, 0.1) is 5.92 Å². The third-order valence-electron chi connectivity index (χ3n) is 3.76. The van der Waals surface area contributed by atoms with E-state index in [1.807, 2.05) is 0 Å². The van der Waals surface area contributed by atoms with Crippen molar-refractivity contribution in [2.24, 2.45) is 11.7 Å². The van der Waals surface area contributed by atoms with Gasteiger partial charge < -0.3 is 10.6 Å². The molecule has 1 atom stereocenters. The molecule has 0 aliphatic carbocycles. The lowest BCUT2D eigenvalue weighted by Crippen LogP contribution is -2.33. The van der Waals surface area contributed by atoms with E-state index in [0.29, 0.717) is 0 Å². The lowest BCUT2D eigenvalue weighted by molar-refractivity contribution is 0.209. The van der Waals surface area contributed by atoms with Crippen molar-refractivity contribution in [3.05, 3.63) is 35.4 Å². The number of piperidine rings is 1. The molecule has 2 rings (SSSR count). The first kappa shape index (κ1) is 12.6. The van der Waals surface area contributed by atoms with Gasteiger partial charge in [-0.2, -0.15) is 0 Å². The second-order valence-electron chi connectivity index (χ2n) is 5.28. The molecule has 0 bridgehead atoms. The average molecular weight is 232 g/mol. The van der Waals surface area contributed by atoms with Crippen molar-refractivity contribution < 1.29 is 0 Å². The number of hydrogen-bond acceptors (Lipinski definition) is 2. The molecule has 2 nitrogen and oxygen atoms in total. The van der Waals surface area contributed by atoms with E-state index in [4.69, 9.17) is 5.73 Å². The van der Waals surface area contributed by atoms with Gasteiger partial charge in [-0.15, -0.1) is 0 Å². The number of hydrogen-bond donors (Lipinski definition) is 1. The fourth-order valence-electron chi connectivity index (χ4n) is 2.91. The number of likely N-dealkylation sites (tertiary alicyclic amines) is 1. The van der Waals surface area contributed by atoms with E-state index in [2.05, 4.69) is 36.2 Å². The van der Waals surface area contributed by atoms with Gasteiger partial charge in [0.25, 0.3) is 0 Å². The zero-order chi connectivity index (χ0) is 12.1. The first-order valence-corrected chi connectivity index (χ1v) is 6.75. The van der Waals surface area contributed by atoms with E-state index in [1.165, 1.54) is 43.5 Å². The Morgan fingerprint density at radius 1 is 1.29 bits per heavy atom. The van der Waals surface area contributed by atoms with Gasteiger partial charge in [-0.25, -0.2) is 0 Å². The largest absolute Gasteiger partial charge is 0.330 e. The topological polar surface area (TPSA) is 29.3 Å². The summed E-state index contributed by atoms with van der Waals surface area (Å²) in [5.74, 6) is 0.827. The van der Waals surface area contributed by atoms with E-state index < -0.39 is 0 Å². The second-order valence-corrected chi connectivity index (χ2v) is 5.28. The molecule has 1 fully saturated rings. The van der Waals surface area contributed by atoms with Crippen molar-refractivity contribution in [1.29, 1.82) is 0 Å². The molecule has 0 aromatic heterocycles. The van der Waals surface area contributed by atoms with Crippen LogP contribution < -0.4 is 5.73 Å². The predicted octanol–water partition coefficient (Wildman–Crippen LogP) is 2.07. The molecule has 0 amide bonds. The number of nitrogens with two attached hydrogens (primary N) is 1. The zero-order valence-corrected chi connectivity index (χ0v) is 10.9. The molecular formula is C15H24N2. The summed E-state index contributed by atoms with van der Waals surface area (Å²) in [5.41, 5.74) is 8.64. The maximum absolute atomic E-state index is 5.68. The summed E-state index contributed by atoms with van der Waals surface area (Å²) in [5, 5.41) is 0. The van der Waals surface area contributed by atoms with Gasteiger partial charge in [-0.1, -0.05) is 24.3 Å². The highest BCUT2D eigenvalue weighted by molar-refractivity contribution is 5.28. The monoisotopic (exact) mass is 232 g/mol. The quantitative estimate of drug-likeness (QED) is 0.861. The first-order valence-electron chi connectivity index (χ1n) is 6.75. The van der Waals surface area contributed by atoms with Crippen LogP contribution in [0.3, 0.4) is 0 Å². The Hall–Kier alpha value is -0.860. The van der Waals surface area contributed by atoms with Gasteiger partial charge in [-0.05, 0) is 62.9 Å². The van der Waals surface area contributed by atoms with Crippen LogP contribution in [0.15, 0.2) is 24.3 Å². The van der Waals surface area contributed by atoms with Crippen molar-refractivity contribution in [3.63, 3.8) is 0 Å². The van der Waals surface area contributed by atoms with Gasteiger partial charge in [-0.3, -0.25) is 0 Å². The van der Waals surface area contributed by atoms with E-state index >= 15 is 0 Å². The van der Waals surface area contributed by atoms with Crippen molar-refractivity contribution in [2.75, 3.05) is 26.7 Å². The Kier molecular flexibility index (Phi) is 4.57. The molecule has 2 N–H and O–H groups in total. The van der Waals surface area contributed by atoms with Crippen LogP contribution in [-0.4, -0.2) is 31.6 Å². The normalized spacial score (nSPS) is 21.6. The summed E-state index contributed by atoms with van der Waals surface area (Å²) in [4.78, 5) is 2.46. The summed E-state index contributed by atoms with van der Waals surface area (Å²) >= 11 is 0. The lowest BCUT2D eigenvalue weighted by atomic mass is 9.89. The molecule has 1 saturated heterocycles. The van der Waals surface area contributed by atoms with E-state index in [9.17, 15) is 0 Å². The standard InChI is InChI=1S/C15H24N2/c1-17-10-4-5-13(12-17)11-15-7-3-2-6-14(15)8-9-16/h2-3,6-7,13H,4-5,8-12,16H2,1H3. The summed E-state index contributed by atoms with van der Waals surface area (Å²) in [6, 6.07) is 8.79. The summed E-state index contributed by atoms with van der Waals surface area (Å²) in [7, 11) is 2.23. The molecular weight excluding hydrogens is 208 g/mol. The van der Waals surface area contributed by atoms with E-state index in [1.54, 1.807) is 0 Å². The number of nitrogens with zero attached hydrogens (tertiary/aromatic N) is 1. The van der Waals surface area contributed by atoms with Gasteiger partial charge in [0.05, 0.1) is 0 Å². The van der Waals surface area contributed by atoms with Crippen molar-refractivity contribution in [1.82, 2.24) is 4.90 Å². The van der Waals surface area contributed by atoms with Gasteiger partial charge >= 0.3 is 0 Å². The predicted molar refractivity (Wildman–Crippen MR) is 73.1 cm³/mol. The fourth-order valence-corrected chi connectivity index (χ4v) is 2.91.